The maximum absolute atomic E-state index is 11.7. The first-order valence-corrected chi connectivity index (χ1v) is 6.41. The summed E-state index contributed by atoms with van der Waals surface area (Å²) in [4.78, 5) is 11.7. The van der Waals surface area contributed by atoms with Crippen LogP contribution >= 0.6 is 15.9 Å². The van der Waals surface area contributed by atoms with E-state index in [1.807, 2.05) is 24.3 Å². The first-order valence-electron chi connectivity index (χ1n) is 5.62. The summed E-state index contributed by atoms with van der Waals surface area (Å²) in [5.41, 5.74) is 0.717. The molecule has 1 aromatic rings. The summed E-state index contributed by atoms with van der Waals surface area (Å²) in [5.74, 6) is 0.922. The lowest BCUT2D eigenvalue weighted by Crippen LogP contribution is -2.10. The van der Waals surface area contributed by atoms with Crippen LogP contribution in [0, 0.1) is 5.92 Å². The van der Waals surface area contributed by atoms with E-state index in [1.54, 1.807) is 0 Å². The van der Waals surface area contributed by atoms with Crippen LogP contribution in [0.2, 0.25) is 0 Å². The van der Waals surface area contributed by atoms with Crippen molar-refractivity contribution in [1.82, 2.24) is 0 Å². The fourth-order valence-electron chi connectivity index (χ4n) is 1.54. The Kier molecular flexibility index (Phi) is 4.13. The zero-order valence-electron chi connectivity index (χ0n) is 9.12. The van der Waals surface area contributed by atoms with Crippen LogP contribution in [0.1, 0.15) is 29.6 Å². The highest BCUT2D eigenvalue weighted by atomic mass is 79.9. The molecule has 0 aliphatic heterocycles. The quantitative estimate of drug-likeness (QED) is 0.590. The van der Waals surface area contributed by atoms with Crippen molar-refractivity contribution >= 4 is 21.7 Å². The van der Waals surface area contributed by atoms with Crippen molar-refractivity contribution in [3.05, 3.63) is 34.3 Å². The molecule has 0 unspecified atom stereocenters. The van der Waals surface area contributed by atoms with Crippen molar-refractivity contribution in [2.24, 2.45) is 5.92 Å². The van der Waals surface area contributed by atoms with Crippen LogP contribution in [-0.4, -0.2) is 19.0 Å². The summed E-state index contributed by atoms with van der Waals surface area (Å²) in [6, 6.07) is 7.38. The molecule has 1 aliphatic rings. The maximum Gasteiger partial charge on any atom is 0.188 e. The second-order valence-electron chi connectivity index (χ2n) is 4.21. The highest BCUT2D eigenvalue weighted by molar-refractivity contribution is 9.10. The van der Waals surface area contributed by atoms with Crippen LogP contribution in [0.3, 0.4) is 0 Å². The molecule has 0 spiro atoms. The van der Waals surface area contributed by atoms with Gasteiger partial charge in [-0.3, -0.25) is 4.79 Å². The predicted octanol–water partition coefficient (Wildman–Crippen LogP) is 3.45. The van der Waals surface area contributed by atoms with Crippen LogP contribution in [-0.2, 0) is 4.74 Å². The molecular weight excluding hydrogens is 268 g/mol. The minimum atomic E-state index is 0.0586. The van der Waals surface area contributed by atoms with Crippen molar-refractivity contribution in [3.8, 4) is 0 Å². The van der Waals surface area contributed by atoms with Crippen molar-refractivity contribution in [1.29, 1.82) is 0 Å². The summed E-state index contributed by atoms with van der Waals surface area (Å²) in [7, 11) is 0. The molecule has 0 aromatic heterocycles. The Morgan fingerprint density at radius 1 is 1.31 bits per heavy atom. The standard InChI is InChI=1S/C13H15BrO2/c14-12-5-3-11(4-6-12)13(15)9-16-8-7-10-1-2-10/h3-6,10H,1-2,7-9H2. The molecule has 3 heteroatoms. The number of halogens is 1. The molecule has 0 N–H and O–H groups in total. The zero-order valence-corrected chi connectivity index (χ0v) is 10.7. The van der Waals surface area contributed by atoms with E-state index in [0.29, 0.717) is 6.61 Å². The average molecular weight is 283 g/mol. The van der Waals surface area contributed by atoms with Gasteiger partial charge in [-0.25, -0.2) is 0 Å². The molecule has 0 saturated heterocycles. The molecule has 1 fully saturated rings. The average Bonchev–Trinajstić information content (AvgIpc) is 3.09. The fraction of sp³-hybridized carbons (Fsp3) is 0.462. The van der Waals surface area contributed by atoms with Crippen molar-refractivity contribution < 1.29 is 9.53 Å². The number of Topliss-reactive ketones (excluding diaryl/α,β-unsaturated/α-hetero) is 1. The summed E-state index contributed by atoms with van der Waals surface area (Å²) in [5, 5.41) is 0. The highest BCUT2D eigenvalue weighted by Crippen LogP contribution is 2.32. The number of carbonyl (C=O) groups is 1. The van der Waals surface area contributed by atoms with Gasteiger partial charge in [0, 0.05) is 16.6 Å². The molecule has 1 saturated carbocycles. The van der Waals surface area contributed by atoms with Gasteiger partial charge in [0.1, 0.15) is 6.61 Å². The number of ether oxygens (including phenoxy) is 1. The molecule has 2 rings (SSSR count). The number of benzene rings is 1. The monoisotopic (exact) mass is 282 g/mol. The summed E-state index contributed by atoms with van der Waals surface area (Å²) < 4.78 is 6.35. The van der Waals surface area contributed by atoms with Crippen molar-refractivity contribution in [2.45, 2.75) is 19.3 Å². The van der Waals surface area contributed by atoms with Gasteiger partial charge in [0.25, 0.3) is 0 Å². The summed E-state index contributed by atoms with van der Waals surface area (Å²) >= 11 is 3.34. The number of hydrogen-bond acceptors (Lipinski definition) is 2. The Labute approximate surface area is 104 Å². The van der Waals surface area contributed by atoms with E-state index in [9.17, 15) is 4.79 Å². The lowest BCUT2D eigenvalue weighted by Gasteiger charge is -2.03. The summed E-state index contributed by atoms with van der Waals surface area (Å²) in [6.07, 6.45) is 3.78. The molecule has 16 heavy (non-hydrogen) atoms. The zero-order chi connectivity index (χ0) is 11.4. The number of carbonyl (C=O) groups excluding carboxylic acids is 1. The van der Waals surface area contributed by atoms with E-state index >= 15 is 0 Å². The van der Waals surface area contributed by atoms with Crippen LogP contribution in [0.25, 0.3) is 0 Å². The molecule has 0 heterocycles. The topological polar surface area (TPSA) is 26.3 Å². The first kappa shape index (κ1) is 11.8. The van der Waals surface area contributed by atoms with Gasteiger partial charge in [0.2, 0.25) is 0 Å². The first-order chi connectivity index (χ1) is 7.75. The van der Waals surface area contributed by atoms with E-state index in [4.69, 9.17) is 4.74 Å². The smallest absolute Gasteiger partial charge is 0.188 e. The Hall–Kier alpha value is -0.670. The Morgan fingerprint density at radius 2 is 2.00 bits per heavy atom. The lowest BCUT2D eigenvalue weighted by atomic mass is 10.1. The third-order valence-corrected chi connectivity index (χ3v) is 3.30. The van der Waals surface area contributed by atoms with E-state index in [0.717, 1.165) is 22.4 Å². The highest BCUT2D eigenvalue weighted by Gasteiger charge is 2.20. The SMILES string of the molecule is O=C(COCCC1CC1)c1ccc(Br)cc1. The second-order valence-corrected chi connectivity index (χ2v) is 5.13. The third kappa shape index (κ3) is 3.72. The maximum atomic E-state index is 11.7. The van der Waals surface area contributed by atoms with Gasteiger partial charge in [-0.05, 0) is 24.5 Å². The van der Waals surface area contributed by atoms with Gasteiger partial charge in [-0.15, -0.1) is 0 Å². The molecule has 0 amide bonds. The molecule has 0 atom stereocenters. The fourth-order valence-corrected chi connectivity index (χ4v) is 1.80. The van der Waals surface area contributed by atoms with E-state index in [1.165, 1.54) is 12.8 Å². The predicted molar refractivity (Wildman–Crippen MR) is 66.6 cm³/mol. The van der Waals surface area contributed by atoms with E-state index in [-0.39, 0.29) is 12.4 Å². The van der Waals surface area contributed by atoms with Gasteiger partial charge in [-0.2, -0.15) is 0 Å². The minimum absolute atomic E-state index is 0.0586. The van der Waals surface area contributed by atoms with Crippen molar-refractivity contribution in [2.75, 3.05) is 13.2 Å². The molecule has 86 valence electrons. The molecule has 2 nitrogen and oxygen atoms in total. The van der Waals surface area contributed by atoms with E-state index in [2.05, 4.69) is 15.9 Å². The molecule has 0 radical (unpaired) electrons. The van der Waals surface area contributed by atoms with Gasteiger partial charge in [0.15, 0.2) is 5.78 Å². The molecular formula is C13H15BrO2. The molecule has 0 bridgehead atoms. The number of hydrogen-bond donors (Lipinski definition) is 0. The Balaban J connectivity index is 1.71. The Bertz CT molecular complexity index is 355. The van der Waals surface area contributed by atoms with Gasteiger partial charge in [0.05, 0.1) is 0 Å². The second kappa shape index (κ2) is 5.60. The summed E-state index contributed by atoms with van der Waals surface area (Å²) in [6.45, 7) is 0.918. The largest absolute Gasteiger partial charge is 0.373 e. The minimum Gasteiger partial charge on any atom is -0.373 e. The van der Waals surface area contributed by atoms with Crippen LogP contribution in [0.15, 0.2) is 28.7 Å². The number of rotatable bonds is 6. The van der Waals surface area contributed by atoms with Crippen molar-refractivity contribution in [3.63, 3.8) is 0 Å². The van der Waals surface area contributed by atoms with Crippen LogP contribution in [0.4, 0.5) is 0 Å². The van der Waals surface area contributed by atoms with Gasteiger partial charge < -0.3 is 4.74 Å². The number of ketones is 1. The van der Waals surface area contributed by atoms with E-state index < -0.39 is 0 Å². The van der Waals surface area contributed by atoms with Gasteiger partial charge >= 0.3 is 0 Å². The Morgan fingerprint density at radius 3 is 2.62 bits per heavy atom. The third-order valence-electron chi connectivity index (χ3n) is 2.77. The molecule has 1 aliphatic carbocycles. The van der Waals surface area contributed by atoms with Crippen LogP contribution in [0.5, 0.6) is 0 Å². The molecule has 1 aromatic carbocycles. The van der Waals surface area contributed by atoms with Crippen LogP contribution < -0.4 is 0 Å². The lowest BCUT2D eigenvalue weighted by molar-refractivity contribution is 0.0748. The normalized spacial score (nSPS) is 15.1. The van der Waals surface area contributed by atoms with Gasteiger partial charge in [-0.1, -0.05) is 40.9 Å².